The number of carbonyl (C=O) groups is 3. The molecule has 0 radical (unpaired) electrons. The van der Waals surface area contributed by atoms with Gasteiger partial charge in [-0.2, -0.15) is 0 Å². The number of carbonyl (C=O) groups excluding carboxylic acids is 3. The summed E-state index contributed by atoms with van der Waals surface area (Å²) in [6, 6.07) is 0. The van der Waals surface area contributed by atoms with Gasteiger partial charge in [0, 0.05) is 0 Å². The second-order valence-corrected chi connectivity index (χ2v) is 3.28. The monoisotopic (exact) mass is 230 g/mol. The average Bonchev–Trinajstić information content (AvgIpc) is 2.11. The molecule has 6 nitrogen and oxygen atoms in total. The molecule has 0 saturated carbocycles. The van der Waals surface area contributed by atoms with E-state index in [4.69, 9.17) is 0 Å². The van der Waals surface area contributed by atoms with Crippen molar-refractivity contribution >= 4 is 35.1 Å². The molecule has 1 saturated heterocycles. The smallest absolute Gasteiger partial charge is 0.307 e. The fraction of sp³-hybridized carbons (Fsp3) is 0.500. The van der Waals surface area contributed by atoms with Gasteiger partial charge in [0.15, 0.2) is 5.11 Å². The molecule has 1 fully saturated rings. The van der Waals surface area contributed by atoms with Gasteiger partial charge in [-0.05, 0) is 19.1 Å². The quantitative estimate of drug-likeness (QED) is 0.372. The van der Waals surface area contributed by atoms with Crippen LogP contribution in [0.3, 0.4) is 0 Å². The molecule has 7 heteroatoms. The number of nitrogens with one attached hydrogen (secondary N) is 2. The average molecular weight is 230 g/mol. The van der Waals surface area contributed by atoms with Gasteiger partial charge in [-0.15, -0.1) is 0 Å². The van der Waals surface area contributed by atoms with Crippen LogP contribution in [0, 0.1) is 5.92 Å². The Morgan fingerprint density at radius 3 is 2.40 bits per heavy atom. The van der Waals surface area contributed by atoms with Gasteiger partial charge >= 0.3 is 5.97 Å². The molecule has 0 spiro atoms. The van der Waals surface area contributed by atoms with Crippen molar-refractivity contribution in [2.24, 2.45) is 5.92 Å². The van der Waals surface area contributed by atoms with Crippen LogP contribution in [0.4, 0.5) is 0 Å². The van der Waals surface area contributed by atoms with Crippen LogP contribution in [0.5, 0.6) is 0 Å². The number of hydrogen-bond acceptors (Lipinski definition) is 5. The van der Waals surface area contributed by atoms with E-state index in [1.165, 1.54) is 0 Å². The lowest BCUT2D eigenvalue weighted by molar-refractivity contribution is -0.149. The molecule has 2 N–H and O–H groups in total. The summed E-state index contributed by atoms with van der Waals surface area (Å²) in [4.78, 5) is 33.6. The fourth-order valence-corrected chi connectivity index (χ4v) is 1.32. The normalized spacial score (nSPS) is 17.0. The van der Waals surface area contributed by atoms with E-state index in [1.54, 1.807) is 6.92 Å². The van der Waals surface area contributed by atoms with E-state index in [9.17, 15) is 14.4 Å². The fourth-order valence-electron chi connectivity index (χ4n) is 1.12. The largest absolute Gasteiger partial charge is 0.466 e. The molecule has 82 valence electrons. The van der Waals surface area contributed by atoms with Crippen LogP contribution >= 0.6 is 12.2 Å². The Balaban J connectivity index is 2.60. The van der Waals surface area contributed by atoms with Crippen LogP contribution in [0.25, 0.3) is 0 Å². The van der Waals surface area contributed by atoms with Gasteiger partial charge in [0.25, 0.3) is 0 Å². The summed E-state index contributed by atoms with van der Waals surface area (Å²) in [5.41, 5.74) is 0. The summed E-state index contributed by atoms with van der Waals surface area (Å²) in [6.07, 6.45) is -0.270. The highest BCUT2D eigenvalue weighted by atomic mass is 32.1. The van der Waals surface area contributed by atoms with Gasteiger partial charge in [0.2, 0.25) is 11.8 Å². The van der Waals surface area contributed by atoms with Gasteiger partial charge < -0.3 is 15.4 Å². The summed E-state index contributed by atoms with van der Waals surface area (Å²) >= 11 is 4.60. The molecular weight excluding hydrogens is 220 g/mol. The Kier molecular flexibility index (Phi) is 3.73. The first-order chi connectivity index (χ1) is 7.04. The lowest BCUT2D eigenvalue weighted by atomic mass is 10.0. The first-order valence-electron chi connectivity index (χ1n) is 4.36. The second kappa shape index (κ2) is 4.83. The summed E-state index contributed by atoms with van der Waals surface area (Å²) in [7, 11) is 0. The highest BCUT2D eigenvalue weighted by Crippen LogP contribution is 2.08. The van der Waals surface area contributed by atoms with E-state index in [0.29, 0.717) is 0 Å². The molecule has 0 bridgehead atoms. The third kappa shape index (κ3) is 2.98. The first-order valence-corrected chi connectivity index (χ1v) is 4.76. The van der Waals surface area contributed by atoms with E-state index in [1.807, 2.05) is 0 Å². The molecule has 0 atom stereocenters. The van der Waals surface area contributed by atoms with Crippen molar-refractivity contribution in [3.8, 4) is 0 Å². The van der Waals surface area contributed by atoms with Crippen molar-refractivity contribution in [2.45, 2.75) is 13.3 Å². The van der Waals surface area contributed by atoms with Gasteiger partial charge in [-0.3, -0.25) is 14.4 Å². The predicted molar refractivity (Wildman–Crippen MR) is 53.6 cm³/mol. The van der Waals surface area contributed by atoms with Gasteiger partial charge in [-0.25, -0.2) is 0 Å². The Bertz CT molecular complexity index is 309. The topological polar surface area (TPSA) is 84.5 Å². The summed E-state index contributed by atoms with van der Waals surface area (Å²) in [6.45, 7) is 1.86. The predicted octanol–water partition coefficient (Wildman–Crippen LogP) is -0.913. The first kappa shape index (κ1) is 11.6. The molecule has 1 rings (SSSR count). The summed E-state index contributed by atoms with van der Waals surface area (Å²) in [5, 5.41) is 4.48. The molecule has 1 aliphatic rings. The second-order valence-electron chi connectivity index (χ2n) is 2.87. The number of hydrogen-bond donors (Lipinski definition) is 2. The van der Waals surface area contributed by atoms with E-state index in [-0.39, 0.29) is 18.1 Å². The number of ether oxygens (including phenoxy) is 1. The van der Waals surface area contributed by atoms with Crippen molar-refractivity contribution in [3.63, 3.8) is 0 Å². The van der Waals surface area contributed by atoms with Crippen LogP contribution in [0.1, 0.15) is 13.3 Å². The highest BCUT2D eigenvalue weighted by molar-refractivity contribution is 7.80. The van der Waals surface area contributed by atoms with Gasteiger partial charge in [0.05, 0.1) is 13.0 Å². The minimum absolute atomic E-state index is 0.0369. The van der Waals surface area contributed by atoms with Crippen LogP contribution in [0.2, 0.25) is 0 Å². The standard InChI is InChI=1S/C8H10N2O4S/c1-2-14-5(11)3-4-6(12)9-8(15)10-7(4)13/h4H,2-3H2,1H3,(H2,9,10,12,13,15). The van der Waals surface area contributed by atoms with Crippen molar-refractivity contribution < 1.29 is 19.1 Å². The van der Waals surface area contributed by atoms with Gasteiger partial charge in [-0.1, -0.05) is 0 Å². The maximum absolute atomic E-state index is 11.3. The van der Waals surface area contributed by atoms with Crippen molar-refractivity contribution in [3.05, 3.63) is 0 Å². The molecule has 0 aromatic heterocycles. The number of amides is 2. The molecule has 0 aromatic rings. The number of thiocarbonyl (C=S) groups is 1. The minimum atomic E-state index is -1.06. The Morgan fingerprint density at radius 2 is 1.93 bits per heavy atom. The van der Waals surface area contributed by atoms with Crippen molar-refractivity contribution in [1.82, 2.24) is 10.6 Å². The maximum atomic E-state index is 11.3. The molecule has 1 aliphatic heterocycles. The molecule has 15 heavy (non-hydrogen) atoms. The number of esters is 1. The zero-order valence-corrected chi connectivity index (χ0v) is 8.85. The third-order valence-corrected chi connectivity index (χ3v) is 1.99. The lowest BCUT2D eigenvalue weighted by Gasteiger charge is -2.21. The molecule has 0 aromatic carbocycles. The number of rotatable bonds is 3. The Morgan fingerprint density at radius 1 is 1.40 bits per heavy atom. The molecule has 0 aliphatic carbocycles. The van der Waals surface area contributed by atoms with Crippen LogP contribution in [-0.2, 0) is 19.1 Å². The zero-order valence-electron chi connectivity index (χ0n) is 8.03. The van der Waals surface area contributed by atoms with Crippen LogP contribution in [-0.4, -0.2) is 29.5 Å². The van der Waals surface area contributed by atoms with E-state index < -0.39 is 23.7 Å². The van der Waals surface area contributed by atoms with E-state index in [2.05, 4.69) is 27.6 Å². The van der Waals surface area contributed by atoms with E-state index in [0.717, 1.165) is 0 Å². The van der Waals surface area contributed by atoms with Crippen molar-refractivity contribution in [2.75, 3.05) is 6.61 Å². The summed E-state index contributed by atoms with van der Waals surface area (Å²) < 4.78 is 4.64. The molecule has 2 amide bonds. The summed E-state index contributed by atoms with van der Waals surface area (Å²) in [5.74, 6) is -2.79. The highest BCUT2D eigenvalue weighted by Gasteiger charge is 2.34. The Hall–Kier alpha value is -1.50. The molecular formula is C8H10N2O4S. The van der Waals surface area contributed by atoms with Crippen molar-refractivity contribution in [1.29, 1.82) is 0 Å². The Labute approximate surface area is 91.3 Å². The van der Waals surface area contributed by atoms with Crippen LogP contribution in [0.15, 0.2) is 0 Å². The lowest BCUT2D eigenvalue weighted by Crippen LogP contribution is -2.56. The van der Waals surface area contributed by atoms with Gasteiger partial charge in [0.1, 0.15) is 5.92 Å². The minimum Gasteiger partial charge on any atom is -0.466 e. The third-order valence-electron chi connectivity index (χ3n) is 1.78. The van der Waals surface area contributed by atoms with E-state index >= 15 is 0 Å². The maximum Gasteiger partial charge on any atom is 0.307 e. The molecule has 0 unspecified atom stereocenters. The van der Waals surface area contributed by atoms with Crippen LogP contribution < -0.4 is 10.6 Å². The SMILES string of the molecule is CCOC(=O)CC1C(=O)NC(=S)NC1=O. The zero-order chi connectivity index (χ0) is 11.4. The molecule has 1 heterocycles.